The summed E-state index contributed by atoms with van der Waals surface area (Å²) < 4.78 is 4.56. The Morgan fingerprint density at radius 1 is 1.62 bits per heavy atom. The fraction of sp³-hybridized carbons (Fsp3) is 0.364. The van der Waals surface area contributed by atoms with Gasteiger partial charge in [0.2, 0.25) is 0 Å². The van der Waals surface area contributed by atoms with E-state index in [9.17, 15) is 9.90 Å². The summed E-state index contributed by atoms with van der Waals surface area (Å²) in [5, 5.41) is 9.94. The van der Waals surface area contributed by atoms with Gasteiger partial charge in [0.25, 0.3) is 0 Å². The third-order valence-corrected chi connectivity index (χ3v) is 2.54. The highest BCUT2D eigenvalue weighted by Crippen LogP contribution is 2.23. The molecule has 0 saturated heterocycles. The Kier molecular flexibility index (Phi) is 4.73. The number of hydrogen-bond acceptors (Lipinski definition) is 4. The van der Waals surface area contributed by atoms with Gasteiger partial charge < -0.3 is 15.6 Å². The first-order chi connectivity index (χ1) is 7.60. The Hall–Kier alpha value is -1.10. The number of aliphatic hydroxyl groups excluding tert-OH is 1. The summed E-state index contributed by atoms with van der Waals surface area (Å²) in [4.78, 5) is 11.3. The van der Waals surface area contributed by atoms with Crippen LogP contribution in [0.1, 0.15) is 28.4 Å². The van der Waals surface area contributed by atoms with Crippen molar-refractivity contribution >= 4 is 17.6 Å². The molecule has 3 N–H and O–H groups in total. The Morgan fingerprint density at radius 3 is 2.81 bits per heavy atom. The molecule has 1 atom stereocenters. The summed E-state index contributed by atoms with van der Waals surface area (Å²) in [6.45, 7) is 0.386. The van der Waals surface area contributed by atoms with Crippen molar-refractivity contribution in [2.45, 2.75) is 12.5 Å². The third-order valence-electron chi connectivity index (χ3n) is 2.22. The SMILES string of the molecule is COC(=O)c1ccc(C(O)CCN)cc1Cl. The molecule has 0 heterocycles. The van der Waals surface area contributed by atoms with E-state index < -0.39 is 12.1 Å². The van der Waals surface area contributed by atoms with E-state index in [1.54, 1.807) is 12.1 Å². The molecule has 0 saturated carbocycles. The minimum Gasteiger partial charge on any atom is -0.465 e. The van der Waals surface area contributed by atoms with Crippen molar-refractivity contribution in [2.75, 3.05) is 13.7 Å². The van der Waals surface area contributed by atoms with Crippen LogP contribution < -0.4 is 5.73 Å². The Balaban J connectivity index is 2.94. The van der Waals surface area contributed by atoms with E-state index in [1.807, 2.05) is 0 Å². The molecular weight excluding hydrogens is 230 g/mol. The van der Waals surface area contributed by atoms with Crippen molar-refractivity contribution in [3.05, 3.63) is 34.3 Å². The third kappa shape index (κ3) is 2.95. The first kappa shape index (κ1) is 13.0. The fourth-order valence-corrected chi connectivity index (χ4v) is 1.60. The number of nitrogens with two attached hydrogens (primary N) is 1. The van der Waals surface area contributed by atoms with Gasteiger partial charge in [-0.1, -0.05) is 17.7 Å². The molecule has 0 amide bonds. The van der Waals surface area contributed by atoms with E-state index >= 15 is 0 Å². The van der Waals surface area contributed by atoms with Gasteiger partial charge in [-0.25, -0.2) is 4.79 Å². The maximum Gasteiger partial charge on any atom is 0.339 e. The van der Waals surface area contributed by atoms with Crippen LogP contribution >= 0.6 is 11.6 Å². The van der Waals surface area contributed by atoms with Gasteiger partial charge in [0.15, 0.2) is 0 Å². The summed E-state index contributed by atoms with van der Waals surface area (Å²) in [6.07, 6.45) is -0.206. The van der Waals surface area contributed by atoms with E-state index in [1.165, 1.54) is 13.2 Å². The van der Waals surface area contributed by atoms with Crippen LogP contribution in [0.15, 0.2) is 18.2 Å². The smallest absolute Gasteiger partial charge is 0.339 e. The van der Waals surface area contributed by atoms with Crippen LogP contribution in [-0.2, 0) is 4.74 Å². The summed E-state index contributed by atoms with van der Waals surface area (Å²) in [5.41, 5.74) is 6.26. The lowest BCUT2D eigenvalue weighted by molar-refractivity contribution is 0.0600. The van der Waals surface area contributed by atoms with Crippen molar-refractivity contribution in [1.82, 2.24) is 0 Å². The van der Waals surface area contributed by atoms with Gasteiger partial charge in [0.05, 0.1) is 23.8 Å². The Bertz CT molecular complexity index is 381. The lowest BCUT2D eigenvalue weighted by Crippen LogP contribution is -2.08. The minimum absolute atomic E-state index is 0.264. The van der Waals surface area contributed by atoms with Gasteiger partial charge in [-0.2, -0.15) is 0 Å². The normalized spacial score (nSPS) is 12.2. The van der Waals surface area contributed by atoms with Crippen molar-refractivity contribution in [3.8, 4) is 0 Å². The Labute approximate surface area is 99.0 Å². The van der Waals surface area contributed by atoms with E-state index in [4.69, 9.17) is 17.3 Å². The van der Waals surface area contributed by atoms with Gasteiger partial charge >= 0.3 is 5.97 Å². The van der Waals surface area contributed by atoms with Crippen molar-refractivity contribution in [2.24, 2.45) is 5.73 Å². The fourth-order valence-electron chi connectivity index (χ4n) is 1.34. The summed E-state index contributed by atoms with van der Waals surface area (Å²) in [7, 11) is 1.29. The molecule has 0 spiro atoms. The highest BCUT2D eigenvalue weighted by molar-refractivity contribution is 6.33. The largest absolute Gasteiger partial charge is 0.465 e. The molecule has 0 bridgehead atoms. The number of aliphatic hydroxyl groups is 1. The number of esters is 1. The molecule has 0 radical (unpaired) electrons. The van der Waals surface area contributed by atoms with Crippen molar-refractivity contribution < 1.29 is 14.6 Å². The zero-order chi connectivity index (χ0) is 12.1. The van der Waals surface area contributed by atoms with Gasteiger partial charge in [0.1, 0.15) is 0 Å². The average molecular weight is 244 g/mol. The summed E-state index contributed by atoms with van der Waals surface area (Å²) in [6, 6.07) is 4.72. The molecule has 1 unspecified atom stereocenters. The molecular formula is C11H14ClNO3. The van der Waals surface area contributed by atoms with Crippen LogP contribution in [0, 0.1) is 0 Å². The molecule has 0 aliphatic rings. The van der Waals surface area contributed by atoms with Crippen LogP contribution in [0.25, 0.3) is 0 Å². The van der Waals surface area contributed by atoms with E-state index in [0.717, 1.165) is 0 Å². The zero-order valence-corrected chi connectivity index (χ0v) is 9.70. The first-order valence-electron chi connectivity index (χ1n) is 4.86. The molecule has 1 aromatic rings. The number of benzene rings is 1. The number of ether oxygens (including phenoxy) is 1. The monoisotopic (exact) mass is 243 g/mol. The quantitative estimate of drug-likeness (QED) is 0.787. The van der Waals surface area contributed by atoms with Crippen LogP contribution in [0.2, 0.25) is 5.02 Å². The van der Waals surface area contributed by atoms with Crippen LogP contribution in [0.5, 0.6) is 0 Å². The first-order valence-corrected chi connectivity index (χ1v) is 5.23. The second-order valence-corrected chi connectivity index (χ2v) is 3.73. The zero-order valence-electron chi connectivity index (χ0n) is 8.94. The number of methoxy groups -OCH3 is 1. The molecule has 0 aliphatic carbocycles. The standard InChI is InChI=1S/C11H14ClNO3/c1-16-11(15)8-3-2-7(6-9(8)12)10(14)4-5-13/h2-3,6,10,14H,4-5,13H2,1H3. The second-order valence-electron chi connectivity index (χ2n) is 3.32. The summed E-state index contributed by atoms with van der Waals surface area (Å²) in [5.74, 6) is -0.495. The molecule has 0 aliphatic heterocycles. The Morgan fingerprint density at radius 2 is 2.31 bits per heavy atom. The van der Waals surface area contributed by atoms with Crippen LogP contribution in [0.4, 0.5) is 0 Å². The number of carbonyl (C=O) groups excluding carboxylic acids is 1. The lowest BCUT2D eigenvalue weighted by atomic mass is 10.0. The van der Waals surface area contributed by atoms with E-state index in [0.29, 0.717) is 18.5 Å². The minimum atomic E-state index is -0.658. The predicted molar refractivity (Wildman–Crippen MR) is 61.4 cm³/mol. The molecule has 88 valence electrons. The van der Waals surface area contributed by atoms with Gasteiger partial charge in [-0.05, 0) is 30.7 Å². The number of rotatable bonds is 4. The molecule has 5 heteroatoms. The number of hydrogen-bond donors (Lipinski definition) is 2. The molecule has 0 aromatic heterocycles. The van der Waals surface area contributed by atoms with E-state index in [2.05, 4.69) is 4.74 Å². The molecule has 1 aromatic carbocycles. The molecule has 1 rings (SSSR count). The van der Waals surface area contributed by atoms with Crippen molar-refractivity contribution in [1.29, 1.82) is 0 Å². The predicted octanol–water partition coefficient (Wildman–Crippen LogP) is 1.51. The number of halogens is 1. The topological polar surface area (TPSA) is 72.5 Å². The van der Waals surface area contributed by atoms with Gasteiger partial charge in [-0.15, -0.1) is 0 Å². The number of carbonyl (C=O) groups is 1. The maximum atomic E-state index is 11.3. The highest BCUT2D eigenvalue weighted by atomic mass is 35.5. The summed E-state index contributed by atoms with van der Waals surface area (Å²) >= 11 is 5.90. The van der Waals surface area contributed by atoms with Crippen LogP contribution in [-0.4, -0.2) is 24.7 Å². The molecule has 0 fully saturated rings. The lowest BCUT2D eigenvalue weighted by Gasteiger charge is -2.11. The van der Waals surface area contributed by atoms with E-state index in [-0.39, 0.29) is 10.6 Å². The van der Waals surface area contributed by atoms with Crippen molar-refractivity contribution in [3.63, 3.8) is 0 Å². The second kappa shape index (κ2) is 5.84. The molecule has 4 nitrogen and oxygen atoms in total. The molecule has 16 heavy (non-hydrogen) atoms. The van der Waals surface area contributed by atoms with Gasteiger partial charge in [0, 0.05) is 0 Å². The highest BCUT2D eigenvalue weighted by Gasteiger charge is 2.13. The van der Waals surface area contributed by atoms with Gasteiger partial charge in [-0.3, -0.25) is 0 Å². The van der Waals surface area contributed by atoms with Crippen LogP contribution in [0.3, 0.4) is 0 Å². The average Bonchev–Trinajstić information content (AvgIpc) is 2.28. The maximum absolute atomic E-state index is 11.3.